The molecule has 0 saturated heterocycles. The Labute approximate surface area is 152 Å². The van der Waals surface area contributed by atoms with E-state index in [2.05, 4.69) is 25.8 Å². The third kappa shape index (κ3) is 4.40. The molecule has 9 heteroatoms. The first-order valence-electron chi connectivity index (χ1n) is 7.48. The number of nitrogens with zero attached hydrogens (tertiary/aromatic N) is 3. The van der Waals surface area contributed by atoms with Crippen LogP contribution in [0.15, 0.2) is 48.7 Å². The van der Waals surface area contributed by atoms with Gasteiger partial charge in [-0.05, 0) is 42.8 Å². The molecule has 1 heterocycles. The summed E-state index contributed by atoms with van der Waals surface area (Å²) in [7, 11) is 0. The summed E-state index contributed by atoms with van der Waals surface area (Å²) >= 11 is 5.67. The Morgan fingerprint density at radius 1 is 1.04 bits per heavy atom. The van der Waals surface area contributed by atoms with E-state index < -0.39 is 11.7 Å². The Morgan fingerprint density at radius 2 is 1.85 bits per heavy atom. The van der Waals surface area contributed by atoms with E-state index in [0.717, 1.165) is 17.3 Å². The number of nitrogens with one attached hydrogen (secondary N) is 2. The van der Waals surface area contributed by atoms with Gasteiger partial charge in [-0.25, -0.2) is 0 Å². The largest absolute Gasteiger partial charge is 0.418 e. The molecule has 0 spiro atoms. The molecule has 134 valence electrons. The lowest BCUT2D eigenvalue weighted by molar-refractivity contribution is -0.136. The summed E-state index contributed by atoms with van der Waals surface area (Å²) in [6.07, 6.45) is -3.20. The molecular weight excluding hydrogens is 367 g/mol. The second-order valence-corrected chi connectivity index (χ2v) is 5.91. The SMILES string of the molecule is Cc1cccc(Nc2cnnc(Nc3ccc(Cl)cc3C(F)(F)F)n2)c1. The van der Waals surface area contributed by atoms with Crippen molar-refractivity contribution in [1.29, 1.82) is 0 Å². The molecule has 0 saturated carbocycles. The van der Waals surface area contributed by atoms with Crippen LogP contribution in [-0.4, -0.2) is 15.2 Å². The monoisotopic (exact) mass is 379 g/mol. The van der Waals surface area contributed by atoms with Crippen LogP contribution in [0, 0.1) is 6.92 Å². The predicted molar refractivity (Wildman–Crippen MR) is 94.0 cm³/mol. The number of hydrogen-bond donors (Lipinski definition) is 2. The molecule has 1 aromatic heterocycles. The molecule has 0 aliphatic rings. The van der Waals surface area contributed by atoms with Crippen molar-refractivity contribution in [2.75, 3.05) is 10.6 Å². The number of anilines is 4. The minimum absolute atomic E-state index is 0.0169. The minimum atomic E-state index is -4.57. The number of aryl methyl sites for hydroxylation is 1. The second kappa shape index (κ2) is 7.17. The summed E-state index contributed by atoms with van der Waals surface area (Å²) in [4.78, 5) is 4.14. The standard InChI is InChI=1S/C17H13ClF3N5/c1-10-3-2-4-12(7-10)23-15-9-22-26-16(25-15)24-14-6-5-11(18)8-13(14)17(19,20)21/h2-9H,1H3,(H2,23,24,25,26). The molecule has 0 atom stereocenters. The normalized spacial score (nSPS) is 11.3. The predicted octanol–water partition coefficient (Wildman–Crippen LogP) is 5.34. The lowest BCUT2D eigenvalue weighted by atomic mass is 10.1. The van der Waals surface area contributed by atoms with Crippen molar-refractivity contribution in [3.05, 3.63) is 64.8 Å². The van der Waals surface area contributed by atoms with Gasteiger partial charge in [0, 0.05) is 10.7 Å². The number of halogens is 4. The average Bonchev–Trinajstić information content (AvgIpc) is 2.56. The van der Waals surface area contributed by atoms with E-state index in [0.29, 0.717) is 5.82 Å². The molecule has 2 aromatic carbocycles. The summed E-state index contributed by atoms with van der Waals surface area (Å²) in [6, 6.07) is 11.0. The molecule has 26 heavy (non-hydrogen) atoms. The lowest BCUT2D eigenvalue weighted by Crippen LogP contribution is -2.10. The zero-order valence-corrected chi connectivity index (χ0v) is 14.2. The number of aromatic nitrogens is 3. The van der Waals surface area contributed by atoms with Crippen molar-refractivity contribution < 1.29 is 13.2 Å². The quantitative estimate of drug-likeness (QED) is 0.640. The van der Waals surface area contributed by atoms with E-state index >= 15 is 0 Å². The van der Waals surface area contributed by atoms with Crippen molar-refractivity contribution in [1.82, 2.24) is 15.2 Å². The van der Waals surface area contributed by atoms with Gasteiger partial charge >= 0.3 is 6.18 Å². The third-order valence-electron chi connectivity index (χ3n) is 3.38. The summed E-state index contributed by atoms with van der Waals surface area (Å²) in [5.74, 6) is 0.270. The molecule has 0 bridgehead atoms. The van der Waals surface area contributed by atoms with Crippen molar-refractivity contribution >= 4 is 34.7 Å². The van der Waals surface area contributed by atoms with Crippen molar-refractivity contribution in [3.8, 4) is 0 Å². The van der Waals surface area contributed by atoms with Gasteiger partial charge in [0.25, 0.3) is 0 Å². The van der Waals surface area contributed by atoms with Gasteiger partial charge in [0.2, 0.25) is 5.95 Å². The van der Waals surface area contributed by atoms with E-state index in [1.54, 1.807) is 0 Å². The molecule has 2 N–H and O–H groups in total. The third-order valence-corrected chi connectivity index (χ3v) is 3.62. The summed E-state index contributed by atoms with van der Waals surface area (Å²) < 4.78 is 39.5. The second-order valence-electron chi connectivity index (χ2n) is 5.47. The van der Waals surface area contributed by atoms with Gasteiger partial charge in [-0.3, -0.25) is 0 Å². The molecule has 0 aliphatic carbocycles. The van der Waals surface area contributed by atoms with Crippen molar-refractivity contribution in [2.45, 2.75) is 13.1 Å². The molecular formula is C17H13ClF3N5. The van der Waals surface area contributed by atoms with Crippen LogP contribution in [0.3, 0.4) is 0 Å². The van der Waals surface area contributed by atoms with E-state index in [-0.39, 0.29) is 16.7 Å². The van der Waals surface area contributed by atoms with Gasteiger partial charge in [0.15, 0.2) is 5.82 Å². The Bertz CT molecular complexity index is 930. The van der Waals surface area contributed by atoms with Crippen molar-refractivity contribution in [3.63, 3.8) is 0 Å². The van der Waals surface area contributed by atoms with Gasteiger partial charge in [0.05, 0.1) is 17.4 Å². The van der Waals surface area contributed by atoms with Crippen LogP contribution >= 0.6 is 11.6 Å². The number of hydrogen-bond acceptors (Lipinski definition) is 5. The van der Waals surface area contributed by atoms with Crippen LogP contribution in [0.1, 0.15) is 11.1 Å². The van der Waals surface area contributed by atoms with Gasteiger partial charge in [-0.1, -0.05) is 23.7 Å². The zero-order chi connectivity index (χ0) is 18.7. The van der Waals surface area contributed by atoms with E-state index in [9.17, 15) is 13.2 Å². The fourth-order valence-electron chi connectivity index (χ4n) is 2.27. The van der Waals surface area contributed by atoms with E-state index in [1.165, 1.54) is 18.3 Å². The Balaban J connectivity index is 1.86. The maximum atomic E-state index is 13.2. The Morgan fingerprint density at radius 3 is 2.58 bits per heavy atom. The highest BCUT2D eigenvalue weighted by atomic mass is 35.5. The first kappa shape index (κ1) is 17.9. The molecule has 0 radical (unpaired) electrons. The smallest absolute Gasteiger partial charge is 0.339 e. The first-order valence-corrected chi connectivity index (χ1v) is 7.86. The molecule has 0 unspecified atom stereocenters. The molecule has 0 fully saturated rings. The molecule has 0 amide bonds. The van der Waals surface area contributed by atoms with Crippen LogP contribution in [0.25, 0.3) is 0 Å². The zero-order valence-electron chi connectivity index (χ0n) is 13.5. The number of benzene rings is 2. The Kier molecular flexibility index (Phi) is 4.94. The lowest BCUT2D eigenvalue weighted by Gasteiger charge is -2.14. The van der Waals surface area contributed by atoms with Crippen LogP contribution in [0.2, 0.25) is 5.02 Å². The van der Waals surface area contributed by atoms with Crippen molar-refractivity contribution in [2.24, 2.45) is 0 Å². The fourth-order valence-corrected chi connectivity index (χ4v) is 2.44. The summed E-state index contributed by atoms with van der Waals surface area (Å²) in [5, 5.41) is 13.0. The average molecular weight is 380 g/mol. The Hall–Kier alpha value is -2.87. The molecule has 5 nitrogen and oxygen atoms in total. The van der Waals surface area contributed by atoms with Gasteiger partial charge in [0.1, 0.15) is 0 Å². The molecule has 3 aromatic rings. The molecule has 0 aliphatic heterocycles. The van der Waals surface area contributed by atoms with Gasteiger partial charge in [-0.2, -0.15) is 23.3 Å². The highest BCUT2D eigenvalue weighted by Crippen LogP contribution is 2.37. The summed E-state index contributed by atoms with van der Waals surface area (Å²) in [6.45, 7) is 1.94. The minimum Gasteiger partial charge on any atom is -0.339 e. The molecule has 3 rings (SSSR count). The maximum absolute atomic E-state index is 13.2. The highest BCUT2D eigenvalue weighted by Gasteiger charge is 2.34. The number of rotatable bonds is 4. The van der Waals surface area contributed by atoms with E-state index in [4.69, 9.17) is 11.6 Å². The highest BCUT2D eigenvalue weighted by molar-refractivity contribution is 6.30. The summed E-state index contributed by atoms with van der Waals surface area (Å²) in [5.41, 5.74) is 0.701. The van der Waals surface area contributed by atoms with Gasteiger partial charge < -0.3 is 10.6 Å². The van der Waals surface area contributed by atoms with Crippen LogP contribution in [0.5, 0.6) is 0 Å². The van der Waals surface area contributed by atoms with Crippen LogP contribution < -0.4 is 10.6 Å². The first-order chi connectivity index (χ1) is 12.3. The van der Waals surface area contributed by atoms with Crippen LogP contribution in [-0.2, 0) is 6.18 Å². The van der Waals surface area contributed by atoms with Crippen LogP contribution in [0.4, 0.5) is 36.3 Å². The number of alkyl halides is 3. The van der Waals surface area contributed by atoms with E-state index in [1.807, 2.05) is 31.2 Å². The fraction of sp³-hybridized carbons (Fsp3) is 0.118. The topological polar surface area (TPSA) is 62.7 Å². The van der Waals surface area contributed by atoms with Gasteiger partial charge in [-0.15, -0.1) is 5.10 Å². The maximum Gasteiger partial charge on any atom is 0.418 e.